The smallest absolute Gasteiger partial charge is 0.422 e. The van der Waals surface area contributed by atoms with E-state index < -0.39 is 30.9 Å². The molecule has 14 heteroatoms. The molecule has 3 heterocycles. The average molecular weight is 668 g/mol. The molecule has 1 aliphatic rings. The number of ether oxygens (including phenoxy) is 3. The lowest BCUT2D eigenvalue weighted by Gasteiger charge is -2.42. The summed E-state index contributed by atoms with van der Waals surface area (Å²) in [4.78, 5) is 11.7. The van der Waals surface area contributed by atoms with Gasteiger partial charge >= 0.3 is 6.18 Å². The largest absolute Gasteiger partial charge is 0.484 e. The second-order valence-electron chi connectivity index (χ2n) is 12.1. The minimum Gasteiger partial charge on any atom is -0.484 e. The Labute approximate surface area is 263 Å². The van der Waals surface area contributed by atoms with Gasteiger partial charge in [0.2, 0.25) is 14.2 Å². The molecule has 0 unspecified atom stereocenters. The summed E-state index contributed by atoms with van der Waals surface area (Å²) < 4.78 is 86.0. The standard InChI is InChI=1S/C31H40F3N3O6SSi/c1-19(2)45(20(3)4,21(5)6)41-17-26-16-36-30(43-26)28-10-9-27(37-28)22-12-24(40-18-31(32,33)34)14-25(13-22)42-23-8-11-29(35-15-23)44(7,38)39/h8-15,19-21,26,37H,16-18H2,1-7H3/t26-/m1/s1. The van der Waals surface area contributed by atoms with Crippen LogP contribution in [-0.2, 0) is 19.0 Å². The van der Waals surface area contributed by atoms with Gasteiger partial charge in [0, 0.05) is 23.6 Å². The van der Waals surface area contributed by atoms with Crippen molar-refractivity contribution >= 4 is 24.1 Å². The number of aromatic nitrogens is 2. The summed E-state index contributed by atoms with van der Waals surface area (Å²) in [5.74, 6) is 0.708. The number of rotatable bonds is 13. The van der Waals surface area contributed by atoms with Crippen LogP contribution in [0, 0.1) is 0 Å². The van der Waals surface area contributed by atoms with Gasteiger partial charge in [-0.15, -0.1) is 0 Å². The van der Waals surface area contributed by atoms with E-state index in [0.717, 1.165) is 6.26 Å². The summed E-state index contributed by atoms with van der Waals surface area (Å²) >= 11 is 0. The van der Waals surface area contributed by atoms with Crippen LogP contribution in [0.15, 0.2) is 58.7 Å². The van der Waals surface area contributed by atoms with Gasteiger partial charge in [-0.2, -0.15) is 13.2 Å². The van der Waals surface area contributed by atoms with E-state index in [9.17, 15) is 21.6 Å². The highest BCUT2D eigenvalue weighted by Crippen LogP contribution is 2.42. The Morgan fingerprint density at radius 2 is 1.60 bits per heavy atom. The molecule has 0 aliphatic carbocycles. The van der Waals surface area contributed by atoms with Crippen LogP contribution in [0.25, 0.3) is 11.3 Å². The van der Waals surface area contributed by atoms with Gasteiger partial charge in [-0.25, -0.2) is 18.4 Å². The van der Waals surface area contributed by atoms with Crippen molar-refractivity contribution in [1.82, 2.24) is 9.97 Å². The molecule has 3 aromatic rings. The number of nitrogens with one attached hydrogen (secondary N) is 1. The number of benzene rings is 1. The number of aromatic amines is 1. The molecule has 1 atom stereocenters. The number of alkyl halides is 3. The van der Waals surface area contributed by atoms with E-state index in [2.05, 4.69) is 56.5 Å². The third kappa shape index (κ3) is 8.47. The number of nitrogens with zero attached hydrogens (tertiary/aromatic N) is 2. The molecule has 0 bridgehead atoms. The fourth-order valence-electron chi connectivity index (χ4n) is 5.90. The lowest BCUT2D eigenvalue weighted by Crippen LogP contribution is -2.49. The molecule has 4 rings (SSSR count). The molecule has 45 heavy (non-hydrogen) atoms. The maximum absolute atomic E-state index is 12.9. The number of aliphatic imine (C=N–C) groups is 1. The van der Waals surface area contributed by atoms with Gasteiger partial charge < -0.3 is 23.6 Å². The Morgan fingerprint density at radius 3 is 2.18 bits per heavy atom. The first-order valence-electron chi connectivity index (χ1n) is 14.7. The molecular weight excluding hydrogens is 628 g/mol. The molecule has 0 saturated heterocycles. The van der Waals surface area contributed by atoms with Crippen molar-refractivity contribution in [2.24, 2.45) is 4.99 Å². The van der Waals surface area contributed by atoms with Gasteiger partial charge in [-0.05, 0) is 53.0 Å². The highest BCUT2D eigenvalue weighted by atomic mass is 32.2. The molecule has 0 fully saturated rings. The van der Waals surface area contributed by atoms with E-state index in [1.165, 1.54) is 30.5 Å². The van der Waals surface area contributed by atoms with Crippen LogP contribution in [0.1, 0.15) is 47.2 Å². The van der Waals surface area contributed by atoms with Crippen LogP contribution in [0.2, 0.25) is 16.6 Å². The van der Waals surface area contributed by atoms with Gasteiger partial charge in [0.1, 0.15) is 29.0 Å². The fraction of sp³-hybridized carbons (Fsp3) is 0.484. The molecule has 2 aromatic heterocycles. The number of sulfone groups is 1. The van der Waals surface area contributed by atoms with E-state index in [1.54, 1.807) is 18.2 Å². The zero-order valence-corrected chi connectivity index (χ0v) is 28.3. The summed E-state index contributed by atoms with van der Waals surface area (Å²) in [6.07, 6.45) is -2.51. The minimum atomic E-state index is -4.54. The van der Waals surface area contributed by atoms with Crippen LogP contribution in [0.3, 0.4) is 0 Å². The van der Waals surface area contributed by atoms with Crippen molar-refractivity contribution < 1.29 is 40.2 Å². The molecule has 246 valence electrons. The van der Waals surface area contributed by atoms with Gasteiger partial charge in [0.15, 0.2) is 21.5 Å². The summed E-state index contributed by atoms with van der Waals surface area (Å²) in [5.41, 5.74) is 2.98. The summed E-state index contributed by atoms with van der Waals surface area (Å²) in [6.45, 7) is 12.8. The Morgan fingerprint density at radius 1 is 0.956 bits per heavy atom. The highest BCUT2D eigenvalue weighted by molar-refractivity contribution is 7.90. The lowest BCUT2D eigenvalue weighted by molar-refractivity contribution is -0.153. The van der Waals surface area contributed by atoms with Crippen molar-refractivity contribution in [3.8, 4) is 28.5 Å². The number of hydrogen-bond acceptors (Lipinski definition) is 8. The van der Waals surface area contributed by atoms with Crippen LogP contribution >= 0.6 is 0 Å². The third-order valence-electron chi connectivity index (χ3n) is 7.78. The van der Waals surface area contributed by atoms with Crippen LogP contribution in [0.4, 0.5) is 13.2 Å². The number of halogens is 3. The molecule has 0 saturated carbocycles. The van der Waals surface area contributed by atoms with Crippen LogP contribution in [0.5, 0.6) is 17.2 Å². The fourth-order valence-corrected chi connectivity index (χ4v) is 11.9. The van der Waals surface area contributed by atoms with Gasteiger partial charge in [0.05, 0.1) is 19.3 Å². The second-order valence-corrected chi connectivity index (χ2v) is 19.5. The molecule has 0 spiro atoms. The second kappa shape index (κ2) is 13.6. The number of hydrogen-bond donors (Lipinski definition) is 1. The zero-order chi connectivity index (χ0) is 33.2. The Balaban J connectivity index is 1.52. The van der Waals surface area contributed by atoms with E-state index in [1.807, 2.05) is 0 Å². The van der Waals surface area contributed by atoms with Crippen molar-refractivity contribution in [1.29, 1.82) is 0 Å². The summed E-state index contributed by atoms with van der Waals surface area (Å²) in [7, 11) is -5.58. The normalized spacial score (nSPS) is 15.9. The number of pyridine rings is 1. The van der Waals surface area contributed by atoms with Gasteiger partial charge in [-0.3, -0.25) is 0 Å². The summed E-state index contributed by atoms with van der Waals surface area (Å²) in [5, 5.41) is -0.135. The lowest BCUT2D eigenvalue weighted by atomic mass is 10.1. The van der Waals surface area contributed by atoms with Crippen LogP contribution in [-0.4, -0.2) is 70.9 Å². The number of H-pyrrole nitrogens is 1. The molecule has 1 aliphatic heterocycles. The minimum absolute atomic E-state index is 0.0727. The highest BCUT2D eigenvalue weighted by Gasteiger charge is 2.45. The summed E-state index contributed by atoms with van der Waals surface area (Å²) in [6, 6.07) is 10.6. The van der Waals surface area contributed by atoms with E-state index in [0.29, 0.717) is 52.6 Å². The Kier molecular flexibility index (Phi) is 10.4. The Bertz CT molecular complexity index is 1580. The predicted molar refractivity (Wildman–Crippen MR) is 168 cm³/mol. The average Bonchev–Trinajstić information content (AvgIpc) is 3.61. The molecule has 0 amide bonds. The quantitative estimate of drug-likeness (QED) is 0.187. The third-order valence-corrected chi connectivity index (χ3v) is 14.9. The van der Waals surface area contributed by atoms with Crippen LogP contribution < -0.4 is 9.47 Å². The first kappa shape index (κ1) is 34.5. The maximum Gasteiger partial charge on any atom is 0.422 e. The molecule has 9 nitrogen and oxygen atoms in total. The zero-order valence-electron chi connectivity index (χ0n) is 26.4. The topological polar surface area (TPSA) is 112 Å². The van der Waals surface area contributed by atoms with Gasteiger partial charge in [0.25, 0.3) is 0 Å². The molecule has 0 radical (unpaired) electrons. The molecular formula is C31H40F3N3O6SSi. The first-order chi connectivity index (χ1) is 21.0. The van der Waals surface area contributed by atoms with Crippen molar-refractivity contribution in [3.05, 3.63) is 54.4 Å². The van der Waals surface area contributed by atoms with Gasteiger partial charge in [-0.1, -0.05) is 41.5 Å². The van der Waals surface area contributed by atoms with Crippen molar-refractivity contribution in [3.63, 3.8) is 0 Å². The van der Waals surface area contributed by atoms with E-state index in [-0.39, 0.29) is 28.4 Å². The predicted octanol–water partition coefficient (Wildman–Crippen LogP) is 7.55. The SMILES string of the molecule is CC(C)[Si](OC[C@H]1CN=C(c2ccc(-c3cc(OCC(F)(F)F)cc(Oc4ccc(S(C)(=O)=O)nc4)c3)[nH]2)O1)(C(C)C)C(C)C. The maximum atomic E-state index is 12.9. The first-order valence-corrected chi connectivity index (χ1v) is 18.7. The van der Waals surface area contributed by atoms with Crippen molar-refractivity contribution in [2.45, 2.75) is 75.5 Å². The van der Waals surface area contributed by atoms with E-state index in [4.69, 9.17) is 18.6 Å². The molecule has 1 N–H and O–H groups in total. The van der Waals surface area contributed by atoms with Crippen molar-refractivity contribution in [2.75, 3.05) is 26.0 Å². The monoisotopic (exact) mass is 667 g/mol. The molecule has 1 aromatic carbocycles. The Hall–Kier alpha value is -3.36. The van der Waals surface area contributed by atoms with E-state index >= 15 is 0 Å².